The average Bonchev–Trinajstić information content (AvgIpc) is 2.79. The normalized spacial score (nSPS) is 13.5. The van der Waals surface area contributed by atoms with Gasteiger partial charge in [0.15, 0.2) is 11.5 Å². The number of benzene rings is 1. The first-order valence-corrected chi connectivity index (χ1v) is 11.2. The van der Waals surface area contributed by atoms with Crippen molar-refractivity contribution in [2.24, 2.45) is 0 Å². The van der Waals surface area contributed by atoms with Gasteiger partial charge in [-0.2, -0.15) is 0 Å². The monoisotopic (exact) mass is 460 g/mol. The van der Waals surface area contributed by atoms with Gasteiger partial charge in [-0.05, 0) is 38.8 Å². The van der Waals surface area contributed by atoms with Gasteiger partial charge in [0.25, 0.3) is 0 Å². The van der Waals surface area contributed by atoms with Gasteiger partial charge >= 0.3 is 5.97 Å². The largest absolute Gasteiger partial charge is 0.503 e. The zero-order valence-electron chi connectivity index (χ0n) is 19.0. The second-order valence-electron chi connectivity index (χ2n) is 7.51. The molecule has 3 atom stereocenters. The first-order valence-electron chi connectivity index (χ1n) is 10.8. The molecule has 0 bridgehead atoms. The molecule has 0 aliphatic carbocycles. The lowest BCUT2D eigenvalue weighted by atomic mass is 10.1. The van der Waals surface area contributed by atoms with Gasteiger partial charge < -0.3 is 24.6 Å². The van der Waals surface area contributed by atoms with Crippen LogP contribution in [0.2, 0.25) is 0 Å². The maximum atomic E-state index is 12.8. The van der Waals surface area contributed by atoms with E-state index in [-0.39, 0.29) is 28.3 Å². The zero-order chi connectivity index (χ0) is 23.5. The van der Waals surface area contributed by atoms with E-state index >= 15 is 0 Å². The summed E-state index contributed by atoms with van der Waals surface area (Å²) >= 11 is 5.33. The number of rotatable bonds is 12. The van der Waals surface area contributed by atoms with Gasteiger partial charge in [-0.15, -0.1) is 0 Å². The van der Waals surface area contributed by atoms with E-state index in [1.54, 1.807) is 6.92 Å². The molecule has 0 saturated carbocycles. The molecule has 0 spiro atoms. The number of aromatic hydroxyl groups is 1. The molecule has 0 fully saturated rings. The second kappa shape index (κ2) is 12.9. The quantitative estimate of drug-likeness (QED) is 0.274. The number of unbranched alkanes of at least 4 members (excludes halogenated alkanes) is 2. The Morgan fingerprint density at radius 3 is 2.56 bits per heavy atom. The lowest BCUT2D eigenvalue weighted by Crippen LogP contribution is -2.43. The van der Waals surface area contributed by atoms with E-state index < -0.39 is 18.1 Å². The molecule has 1 aromatic carbocycles. The lowest BCUT2D eigenvalue weighted by molar-refractivity contribution is -0.155. The lowest BCUT2D eigenvalue weighted by Gasteiger charge is -2.27. The molecule has 1 aromatic heterocycles. The molecule has 0 aliphatic rings. The van der Waals surface area contributed by atoms with E-state index in [4.69, 9.17) is 26.4 Å². The number of carbonyl (C=O) groups is 1. The van der Waals surface area contributed by atoms with Crippen molar-refractivity contribution in [3.63, 3.8) is 0 Å². The fourth-order valence-corrected chi connectivity index (χ4v) is 3.44. The van der Waals surface area contributed by atoms with Crippen molar-refractivity contribution < 1.29 is 24.1 Å². The number of carbonyl (C=O) groups excluding carboxylic acids is 1. The second-order valence-corrected chi connectivity index (χ2v) is 7.92. The first-order chi connectivity index (χ1) is 15.4. The van der Waals surface area contributed by atoms with Crippen LogP contribution in [-0.2, 0) is 9.53 Å². The van der Waals surface area contributed by atoms with Gasteiger partial charge in [0, 0.05) is 12.3 Å². The molecule has 0 amide bonds. The van der Waals surface area contributed by atoms with E-state index in [1.165, 1.54) is 19.4 Å². The van der Waals surface area contributed by atoms with Crippen molar-refractivity contribution in [2.75, 3.05) is 7.11 Å². The van der Waals surface area contributed by atoms with Crippen LogP contribution in [0.5, 0.6) is 17.2 Å². The third-order valence-corrected chi connectivity index (χ3v) is 5.28. The van der Waals surface area contributed by atoms with Crippen molar-refractivity contribution in [3.8, 4) is 17.2 Å². The maximum Gasteiger partial charge on any atom is 0.328 e. The molecule has 0 unspecified atom stereocenters. The number of aromatic nitrogens is 1. The van der Waals surface area contributed by atoms with Crippen molar-refractivity contribution in [1.29, 1.82) is 0 Å². The number of ether oxygens (including phenoxy) is 3. The minimum atomic E-state index is -0.743. The highest BCUT2D eigenvalue weighted by Crippen LogP contribution is 2.27. The van der Waals surface area contributed by atoms with Crippen LogP contribution in [0.1, 0.15) is 52.1 Å². The summed E-state index contributed by atoms with van der Waals surface area (Å²) in [6.45, 7) is 5.68. The zero-order valence-corrected chi connectivity index (χ0v) is 19.9. The maximum absolute atomic E-state index is 12.8. The number of hydrogen-bond acceptors (Lipinski definition) is 7. The number of thiocarbonyl (C=S) groups is 1. The molecule has 2 rings (SSSR count). The molecular formula is C24H32N2O5S. The Labute approximate surface area is 195 Å². The topological polar surface area (TPSA) is 89.9 Å². The number of para-hydroxylation sites is 1. The smallest absolute Gasteiger partial charge is 0.328 e. The Balaban J connectivity index is 2.02. The number of pyridine rings is 1. The van der Waals surface area contributed by atoms with Gasteiger partial charge in [0.1, 0.15) is 34.7 Å². The van der Waals surface area contributed by atoms with Gasteiger partial charge in [0.05, 0.1) is 7.11 Å². The van der Waals surface area contributed by atoms with Crippen molar-refractivity contribution >= 4 is 23.2 Å². The van der Waals surface area contributed by atoms with Crippen LogP contribution in [0.15, 0.2) is 42.6 Å². The Kier molecular flexibility index (Phi) is 10.2. The summed E-state index contributed by atoms with van der Waals surface area (Å²) in [6.07, 6.45) is 4.48. The number of nitrogens with zero attached hydrogens (tertiary/aromatic N) is 1. The molecule has 0 radical (unpaired) electrons. The summed E-state index contributed by atoms with van der Waals surface area (Å²) in [5.41, 5.74) is 0.138. The average molecular weight is 461 g/mol. The van der Waals surface area contributed by atoms with Gasteiger partial charge in [0.2, 0.25) is 0 Å². The molecule has 0 aliphatic heterocycles. The molecule has 2 N–H and O–H groups in total. The molecule has 2 aromatic rings. The van der Waals surface area contributed by atoms with Crippen molar-refractivity contribution in [2.45, 2.75) is 64.7 Å². The van der Waals surface area contributed by atoms with E-state index in [0.717, 1.165) is 25.0 Å². The fraction of sp³-hybridized carbons (Fsp3) is 0.458. The third-order valence-electron chi connectivity index (χ3n) is 4.97. The fourth-order valence-electron chi connectivity index (χ4n) is 3.12. The highest BCUT2D eigenvalue weighted by molar-refractivity contribution is 7.80. The van der Waals surface area contributed by atoms with Crippen LogP contribution in [0, 0.1) is 0 Å². The van der Waals surface area contributed by atoms with Crippen LogP contribution in [0.25, 0.3) is 0 Å². The van der Waals surface area contributed by atoms with Crippen LogP contribution in [-0.4, -0.2) is 46.4 Å². The highest BCUT2D eigenvalue weighted by Gasteiger charge is 2.27. The minimum Gasteiger partial charge on any atom is -0.503 e. The molecule has 7 nitrogen and oxygen atoms in total. The van der Waals surface area contributed by atoms with Crippen molar-refractivity contribution in [3.05, 3.63) is 48.3 Å². The first kappa shape index (κ1) is 25.4. The molecule has 32 heavy (non-hydrogen) atoms. The van der Waals surface area contributed by atoms with Crippen LogP contribution in [0.3, 0.4) is 0 Å². The molecular weight excluding hydrogens is 428 g/mol. The Morgan fingerprint density at radius 1 is 1.19 bits per heavy atom. The molecule has 0 saturated heterocycles. The number of nitrogens with one attached hydrogen (secondary N) is 1. The van der Waals surface area contributed by atoms with E-state index in [9.17, 15) is 9.90 Å². The summed E-state index contributed by atoms with van der Waals surface area (Å²) in [5, 5.41) is 13.1. The predicted octanol–water partition coefficient (Wildman–Crippen LogP) is 4.41. The Bertz CT molecular complexity index is 878. The number of hydrogen-bond donors (Lipinski definition) is 2. The van der Waals surface area contributed by atoms with Crippen LogP contribution in [0.4, 0.5) is 0 Å². The number of methoxy groups -OCH3 is 1. The summed E-state index contributed by atoms with van der Waals surface area (Å²) in [4.78, 5) is 17.0. The standard InChI is InChI=1S/C24H32N2O5S/c1-5-6-8-13-19(17(3)30-18-11-9-7-10-12-18)31-24(28)16(2)26-23(32)21-22(27)20(29-4)14-15-25-21/h7,9-12,14-17,19,27H,5-6,8,13H2,1-4H3,(H,26,32)/t16-,17+,19-/m0/s1. The van der Waals surface area contributed by atoms with E-state index in [0.29, 0.717) is 6.42 Å². The summed E-state index contributed by atoms with van der Waals surface area (Å²) in [5.74, 6) is 0.329. The van der Waals surface area contributed by atoms with Crippen LogP contribution >= 0.6 is 12.2 Å². The van der Waals surface area contributed by atoms with E-state index in [2.05, 4.69) is 17.2 Å². The predicted molar refractivity (Wildman–Crippen MR) is 127 cm³/mol. The Hall–Kier alpha value is -2.87. The van der Waals surface area contributed by atoms with Crippen molar-refractivity contribution in [1.82, 2.24) is 10.3 Å². The van der Waals surface area contributed by atoms with Crippen LogP contribution < -0.4 is 14.8 Å². The summed E-state index contributed by atoms with van der Waals surface area (Å²) < 4.78 is 16.9. The van der Waals surface area contributed by atoms with Gasteiger partial charge in [-0.3, -0.25) is 0 Å². The minimum absolute atomic E-state index is 0.127. The summed E-state index contributed by atoms with van der Waals surface area (Å²) in [7, 11) is 1.44. The van der Waals surface area contributed by atoms with Gasteiger partial charge in [-0.1, -0.05) is 50.2 Å². The Morgan fingerprint density at radius 2 is 1.91 bits per heavy atom. The number of esters is 1. The molecule has 8 heteroatoms. The SMILES string of the molecule is CCCCC[C@H](OC(=O)[C@H](C)NC(=S)c1nccc(OC)c1O)[C@@H](C)Oc1ccccc1. The van der Waals surface area contributed by atoms with Gasteiger partial charge in [-0.25, -0.2) is 9.78 Å². The highest BCUT2D eigenvalue weighted by atomic mass is 32.1. The van der Waals surface area contributed by atoms with E-state index in [1.807, 2.05) is 37.3 Å². The molecule has 1 heterocycles. The summed E-state index contributed by atoms with van der Waals surface area (Å²) in [6, 6.07) is 10.2. The third kappa shape index (κ3) is 7.37. The molecule has 174 valence electrons.